The zero-order chi connectivity index (χ0) is 21.3. The molecule has 0 aliphatic carbocycles. The van der Waals surface area contributed by atoms with Gasteiger partial charge in [0.05, 0.1) is 13.7 Å². The number of amides is 2. The van der Waals surface area contributed by atoms with Crippen LogP contribution >= 0.6 is 0 Å². The third-order valence-electron chi connectivity index (χ3n) is 4.65. The van der Waals surface area contributed by atoms with Gasteiger partial charge in [0.25, 0.3) is 5.91 Å². The lowest BCUT2D eigenvalue weighted by Gasteiger charge is -2.14. The van der Waals surface area contributed by atoms with Crippen LogP contribution in [0.5, 0.6) is 5.75 Å². The molecule has 0 saturated heterocycles. The molecule has 1 unspecified atom stereocenters. The molecular formula is C24H25N3O3. The Morgan fingerprint density at radius 3 is 2.07 bits per heavy atom. The van der Waals surface area contributed by atoms with Gasteiger partial charge in [0.15, 0.2) is 0 Å². The molecule has 2 amide bonds. The van der Waals surface area contributed by atoms with Crippen molar-refractivity contribution in [1.82, 2.24) is 5.32 Å². The van der Waals surface area contributed by atoms with Gasteiger partial charge < -0.3 is 20.7 Å². The van der Waals surface area contributed by atoms with Gasteiger partial charge in [-0.25, -0.2) is 0 Å². The second kappa shape index (κ2) is 10.2. The van der Waals surface area contributed by atoms with Crippen LogP contribution in [-0.4, -0.2) is 25.5 Å². The van der Waals surface area contributed by atoms with Crippen LogP contribution < -0.4 is 20.7 Å². The first-order chi connectivity index (χ1) is 14.5. The van der Waals surface area contributed by atoms with Crippen molar-refractivity contribution in [3.05, 3.63) is 90.0 Å². The number of ether oxygens (including phenoxy) is 1. The third-order valence-corrected chi connectivity index (χ3v) is 4.65. The fourth-order valence-corrected chi connectivity index (χ4v) is 2.89. The summed E-state index contributed by atoms with van der Waals surface area (Å²) >= 11 is 0. The molecule has 0 spiro atoms. The highest BCUT2D eigenvalue weighted by Crippen LogP contribution is 2.17. The van der Waals surface area contributed by atoms with Gasteiger partial charge in [-0.2, -0.15) is 0 Å². The van der Waals surface area contributed by atoms with Crippen molar-refractivity contribution in [2.45, 2.75) is 13.0 Å². The van der Waals surface area contributed by atoms with E-state index >= 15 is 0 Å². The van der Waals surface area contributed by atoms with Crippen LogP contribution in [0.15, 0.2) is 78.9 Å². The van der Waals surface area contributed by atoms with Crippen molar-refractivity contribution in [3.8, 4) is 5.75 Å². The smallest absolute Gasteiger partial charge is 0.255 e. The van der Waals surface area contributed by atoms with E-state index in [0.717, 1.165) is 11.3 Å². The number of methoxy groups -OCH3 is 1. The monoisotopic (exact) mass is 403 g/mol. The Labute approximate surface area is 176 Å². The maximum absolute atomic E-state index is 12.4. The zero-order valence-electron chi connectivity index (χ0n) is 17.0. The Bertz CT molecular complexity index is 971. The van der Waals surface area contributed by atoms with E-state index in [0.29, 0.717) is 16.9 Å². The Morgan fingerprint density at radius 2 is 1.43 bits per heavy atom. The Kier molecular flexibility index (Phi) is 7.19. The zero-order valence-corrected chi connectivity index (χ0v) is 17.0. The van der Waals surface area contributed by atoms with Crippen molar-refractivity contribution >= 4 is 23.2 Å². The van der Waals surface area contributed by atoms with Crippen LogP contribution in [0, 0.1) is 0 Å². The van der Waals surface area contributed by atoms with Crippen LogP contribution in [0.3, 0.4) is 0 Å². The highest BCUT2D eigenvalue weighted by atomic mass is 16.5. The van der Waals surface area contributed by atoms with Crippen molar-refractivity contribution in [1.29, 1.82) is 0 Å². The van der Waals surface area contributed by atoms with Crippen LogP contribution in [0.2, 0.25) is 0 Å². The van der Waals surface area contributed by atoms with E-state index in [1.807, 2.05) is 37.3 Å². The molecule has 3 aromatic carbocycles. The van der Waals surface area contributed by atoms with Crippen LogP contribution in [-0.2, 0) is 4.79 Å². The number of hydrogen-bond acceptors (Lipinski definition) is 4. The van der Waals surface area contributed by atoms with Gasteiger partial charge in [0, 0.05) is 23.0 Å². The number of nitrogens with one attached hydrogen (secondary N) is 3. The van der Waals surface area contributed by atoms with E-state index in [9.17, 15) is 9.59 Å². The van der Waals surface area contributed by atoms with E-state index in [1.54, 1.807) is 55.6 Å². The fourth-order valence-electron chi connectivity index (χ4n) is 2.89. The Morgan fingerprint density at radius 1 is 0.833 bits per heavy atom. The van der Waals surface area contributed by atoms with Crippen molar-refractivity contribution in [3.63, 3.8) is 0 Å². The lowest BCUT2D eigenvalue weighted by Crippen LogP contribution is -2.30. The van der Waals surface area contributed by atoms with Crippen molar-refractivity contribution in [2.75, 3.05) is 24.3 Å². The average Bonchev–Trinajstić information content (AvgIpc) is 2.79. The first kappa shape index (κ1) is 21.1. The third kappa shape index (κ3) is 5.93. The van der Waals surface area contributed by atoms with Crippen molar-refractivity contribution in [2.24, 2.45) is 0 Å². The number of carbonyl (C=O) groups excluding carboxylic acids is 2. The predicted molar refractivity (Wildman–Crippen MR) is 119 cm³/mol. The molecular weight excluding hydrogens is 378 g/mol. The summed E-state index contributed by atoms with van der Waals surface area (Å²) in [6, 6.07) is 23.9. The molecule has 1 atom stereocenters. The molecule has 0 aliphatic rings. The minimum Gasteiger partial charge on any atom is -0.497 e. The number of carbonyl (C=O) groups is 2. The molecule has 0 bridgehead atoms. The summed E-state index contributed by atoms with van der Waals surface area (Å²) in [5.74, 6) is 0.352. The number of anilines is 2. The molecule has 6 nitrogen and oxygen atoms in total. The summed E-state index contributed by atoms with van der Waals surface area (Å²) in [4.78, 5) is 24.6. The number of benzene rings is 3. The first-order valence-corrected chi connectivity index (χ1v) is 9.69. The minimum absolute atomic E-state index is 0.0703. The van der Waals surface area contributed by atoms with Crippen LogP contribution in [0.1, 0.15) is 28.9 Å². The number of hydrogen-bond donors (Lipinski definition) is 3. The van der Waals surface area contributed by atoms with Gasteiger partial charge in [-0.15, -0.1) is 0 Å². The second-order valence-electron chi connectivity index (χ2n) is 6.82. The molecule has 0 aromatic heterocycles. The van der Waals surface area contributed by atoms with E-state index in [1.165, 1.54) is 0 Å². The summed E-state index contributed by atoms with van der Waals surface area (Å²) < 4.78 is 5.10. The summed E-state index contributed by atoms with van der Waals surface area (Å²) in [6.45, 7) is 2.20. The molecule has 0 saturated carbocycles. The van der Waals surface area contributed by atoms with E-state index in [4.69, 9.17) is 4.74 Å². The molecule has 0 aliphatic heterocycles. The van der Waals surface area contributed by atoms with Gasteiger partial charge in [-0.1, -0.05) is 30.3 Å². The minimum atomic E-state index is -0.226. The maximum Gasteiger partial charge on any atom is 0.255 e. The molecule has 3 rings (SSSR count). The highest BCUT2D eigenvalue weighted by Gasteiger charge is 2.09. The predicted octanol–water partition coefficient (Wildman–Crippen LogP) is 4.24. The topological polar surface area (TPSA) is 79.5 Å². The normalized spacial score (nSPS) is 11.4. The van der Waals surface area contributed by atoms with Crippen molar-refractivity contribution < 1.29 is 14.3 Å². The molecule has 3 N–H and O–H groups in total. The van der Waals surface area contributed by atoms with E-state index < -0.39 is 0 Å². The molecule has 0 fully saturated rings. The maximum atomic E-state index is 12.4. The molecule has 30 heavy (non-hydrogen) atoms. The van der Waals surface area contributed by atoms with Crippen LogP contribution in [0.25, 0.3) is 0 Å². The van der Waals surface area contributed by atoms with Gasteiger partial charge in [0.1, 0.15) is 5.75 Å². The summed E-state index contributed by atoms with van der Waals surface area (Å²) in [6.07, 6.45) is 0. The first-order valence-electron chi connectivity index (χ1n) is 9.69. The lowest BCUT2D eigenvalue weighted by atomic mass is 10.1. The molecule has 3 aromatic rings. The van der Waals surface area contributed by atoms with Gasteiger partial charge in [0.2, 0.25) is 5.91 Å². The SMILES string of the molecule is COc1ccc(NC(=O)c2ccc(NC(=O)CNC(C)c3ccccc3)cc2)cc1. The number of rotatable bonds is 8. The van der Waals surface area contributed by atoms with E-state index in [-0.39, 0.29) is 24.4 Å². The molecule has 154 valence electrons. The average molecular weight is 403 g/mol. The molecule has 0 heterocycles. The molecule has 6 heteroatoms. The largest absolute Gasteiger partial charge is 0.497 e. The lowest BCUT2D eigenvalue weighted by molar-refractivity contribution is -0.115. The van der Waals surface area contributed by atoms with Crippen LogP contribution in [0.4, 0.5) is 11.4 Å². The summed E-state index contributed by atoms with van der Waals surface area (Å²) in [5.41, 5.74) is 2.93. The fraction of sp³-hybridized carbons (Fsp3) is 0.167. The Hall–Kier alpha value is -3.64. The van der Waals surface area contributed by atoms with Gasteiger partial charge >= 0.3 is 0 Å². The Balaban J connectivity index is 1.49. The quantitative estimate of drug-likeness (QED) is 0.526. The highest BCUT2D eigenvalue weighted by molar-refractivity contribution is 6.04. The second-order valence-corrected chi connectivity index (χ2v) is 6.82. The standard InChI is InChI=1S/C24H25N3O3/c1-17(18-6-4-3-5-7-18)25-16-23(28)26-20-10-8-19(9-11-20)24(29)27-21-12-14-22(30-2)15-13-21/h3-15,17,25H,16H2,1-2H3,(H,26,28)(H,27,29). The summed E-state index contributed by atoms with van der Waals surface area (Å²) in [5, 5.41) is 8.86. The van der Waals surface area contributed by atoms with Gasteiger partial charge in [-0.05, 0) is 61.0 Å². The molecule has 0 radical (unpaired) electrons. The summed E-state index contributed by atoms with van der Waals surface area (Å²) in [7, 11) is 1.59. The van der Waals surface area contributed by atoms with E-state index in [2.05, 4.69) is 16.0 Å². The van der Waals surface area contributed by atoms with Gasteiger partial charge in [-0.3, -0.25) is 9.59 Å².